The SMILES string of the molecule is Cc1cccc(C(=O)N2CCc3c([nH]c4ccccc34)C23CCC(c2cccc(F)c2N(C)C)CC3)c1. The van der Waals surface area contributed by atoms with Crippen molar-refractivity contribution < 1.29 is 9.18 Å². The normalized spacial score (nSPS) is 21.3. The third kappa shape index (κ3) is 3.83. The molecule has 1 N–H and O–H groups in total. The van der Waals surface area contributed by atoms with Crippen LogP contribution in [0.15, 0.2) is 66.7 Å². The van der Waals surface area contributed by atoms with Crippen LogP contribution in [0.25, 0.3) is 10.9 Å². The Labute approximate surface area is 218 Å². The Hall–Kier alpha value is -3.60. The zero-order valence-electron chi connectivity index (χ0n) is 21.9. The fourth-order valence-electron chi connectivity index (χ4n) is 6.92. The van der Waals surface area contributed by atoms with Gasteiger partial charge in [0.05, 0.1) is 11.2 Å². The van der Waals surface area contributed by atoms with Gasteiger partial charge < -0.3 is 14.8 Å². The van der Waals surface area contributed by atoms with E-state index < -0.39 is 5.54 Å². The number of anilines is 1. The van der Waals surface area contributed by atoms with Crippen LogP contribution in [0.3, 0.4) is 0 Å². The number of nitrogens with one attached hydrogen (secondary N) is 1. The molecule has 3 aromatic carbocycles. The molecule has 0 saturated heterocycles. The Morgan fingerprint density at radius 2 is 1.78 bits per heavy atom. The largest absolute Gasteiger partial charge is 0.375 e. The van der Waals surface area contributed by atoms with E-state index in [1.165, 1.54) is 16.6 Å². The summed E-state index contributed by atoms with van der Waals surface area (Å²) in [6.07, 6.45) is 4.33. The number of hydrogen-bond donors (Lipinski definition) is 1. The van der Waals surface area contributed by atoms with Crippen LogP contribution in [0.2, 0.25) is 0 Å². The van der Waals surface area contributed by atoms with Crippen LogP contribution in [0, 0.1) is 12.7 Å². The van der Waals surface area contributed by atoms with Gasteiger partial charge in [0, 0.05) is 42.8 Å². The van der Waals surface area contributed by atoms with Crippen LogP contribution in [-0.4, -0.2) is 36.4 Å². The zero-order chi connectivity index (χ0) is 25.7. The van der Waals surface area contributed by atoms with Crippen LogP contribution in [-0.2, 0) is 12.0 Å². The number of halogens is 1. The number of aromatic nitrogens is 1. The van der Waals surface area contributed by atoms with Crippen LogP contribution in [0.5, 0.6) is 0 Å². The van der Waals surface area contributed by atoms with Crippen molar-refractivity contribution in [3.05, 3.63) is 100 Å². The van der Waals surface area contributed by atoms with E-state index in [2.05, 4.69) is 40.2 Å². The quantitative estimate of drug-likeness (QED) is 0.335. The van der Waals surface area contributed by atoms with E-state index in [9.17, 15) is 9.18 Å². The highest BCUT2D eigenvalue weighted by atomic mass is 19.1. The summed E-state index contributed by atoms with van der Waals surface area (Å²) in [5.41, 5.74) is 6.90. The molecule has 0 unspecified atom stereocenters. The van der Waals surface area contributed by atoms with Gasteiger partial charge in [-0.2, -0.15) is 0 Å². The number of aromatic amines is 1. The summed E-state index contributed by atoms with van der Waals surface area (Å²) < 4.78 is 14.8. The second-order valence-corrected chi connectivity index (χ2v) is 11.0. The maximum absolute atomic E-state index is 14.8. The molecule has 1 saturated carbocycles. The molecule has 4 aromatic rings. The average Bonchev–Trinajstić information content (AvgIpc) is 3.29. The van der Waals surface area contributed by atoms with Gasteiger partial charge in [-0.05, 0) is 80.3 Å². The van der Waals surface area contributed by atoms with Crippen LogP contribution >= 0.6 is 0 Å². The van der Waals surface area contributed by atoms with Gasteiger partial charge in [-0.15, -0.1) is 0 Å². The highest BCUT2D eigenvalue weighted by Gasteiger charge is 2.49. The minimum absolute atomic E-state index is 0.103. The average molecular weight is 496 g/mol. The molecule has 6 rings (SSSR count). The van der Waals surface area contributed by atoms with Crippen LogP contribution in [0.4, 0.5) is 10.1 Å². The fourth-order valence-corrected chi connectivity index (χ4v) is 6.92. The smallest absolute Gasteiger partial charge is 0.254 e. The zero-order valence-corrected chi connectivity index (χ0v) is 21.9. The second-order valence-electron chi connectivity index (χ2n) is 11.0. The first-order valence-corrected chi connectivity index (χ1v) is 13.3. The second kappa shape index (κ2) is 9.05. The number of para-hydroxylation sites is 2. The molecule has 4 nitrogen and oxygen atoms in total. The molecule has 1 amide bonds. The first kappa shape index (κ1) is 23.8. The Morgan fingerprint density at radius 1 is 1.03 bits per heavy atom. The number of aryl methyl sites for hydroxylation is 1. The van der Waals surface area contributed by atoms with Gasteiger partial charge in [0.15, 0.2) is 0 Å². The summed E-state index contributed by atoms with van der Waals surface area (Å²) in [7, 11) is 3.82. The minimum Gasteiger partial charge on any atom is -0.375 e. The molecule has 2 aliphatic rings. The fraction of sp³-hybridized carbons (Fsp3) is 0.344. The molecular formula is C32H34FN3O. The molecule has 190 valence electrons. The summed E-state index contributed by atoms with van der Waals surface area (Å²) in [6.45, 7) is 2.74. The van der Waals surface area contributed by atoms with Crippen LogP contribution < -0.4 is 4.90 Å². The van der Waals surface area contributed by atoms with Gasteiger partial charge in [-0.25, -0.2) is 4.39 Å². The molecule has 0 atom stereocenters. The van der Waals surface area contributed by atoms with Crippen LogP contribution in [0.1, 0.15) is 64.3 Å². The predicted octanol–water partition coefficient (Wildman–Crippen LogP) is 6.93. The summed E-state index contributed by atoms with van der Waals surface area (Å²) in [5.74, 6) is 0.185. The van der Waals surface area contributed by atoms with Gasteiger partial charge in [0.1, 0.15) is 5.82 Å². The van der Waals surface area contributed by atoms with Crippen molar-refractivity contribution in [1.82, 2.24) is 9.88 Å². The van der Waals surface area contributed by atoms with Gasteiger partial charge in [0.2, 0.25) is 0 Å². The highest BCUT2D eigenvalue weighted by molar-refractivity contribution is 5.96. The first-order valence-electron chi connectivity index (χ1n) is 13.3. The van der Waals surface area contributed by atoms with E-state index in [-0.39, 0.29) is 17.6 Å². The number of fused-ring (bicyclic) bond motifs is 4. The van der Waals surface area contributed by atoms with Crippen molar-refractivity contribution in [3.63, 3.8) is 0 Å². The highest BCUT2D eigenvalue weighted by Crippen LogP contribution is 2.52. The number of benzene rings is 3. The summed E-state index contributed by atoms with van der Waals surface area (Å²) >= 11 is 0. The number of amides is 1. The number of carbonyl (C=O) groups excluding carboxylic acids is 1. The lowest BCUT2D eigenvalue weighted by molar-refractivity contribution is 0.0226. The van der Waals surface area contributed by atoms with Gasteiger partial charge in [0.25, 0.3) is 5.91 Å². The lowest BCUT2D eigenvalue weighted by Gasteiger charge is -2.51. The van der Waals surface area contributed by atoms with E-state index in [0.717, 1.165) is 54.3 Å². The lowest BCUT2D eigenvalue weighted by atomic mass is 9.69. The molecule has 0 bridgehead atoms. The molecule has 1 fully saturated rings. The van der Waals surface area contributed by atoms with E-state index >= 15 is 0 Å². The Balaban J connectivity index is 1.42. The molecule has 5 heteroatoms. The van der Waals surface area contributed by atoms with Crippen molar-refractivity contribution in [3.8, 4) is 0 Å². The lowest BCUT2D eigenvalue weighted by Crippen LogP contribution is -2.55. The molecule has 1 aliphatic carbocycles. The number of rotatable bonds is 3. The monoisotopic (exact) mass is 495 g/mol. The summed E-state index contributed by atoms with van der Waals surface area (Å²) in [4.78, 5) is 21.8. The van der Waals surface area contributed by atoms with Crippen molar-refractivity contribution in [2.75, 3.05) is 25.5 Å². The molecule has 1 aromatic heterocycles. The number of hydrogen-bond acceptors (Lipinski definition) is 2. The minimum atomic E-state index is -0.393. The summed E-state index contributed by atoms with van der Waals surface area (Å²) in [6, 6.07) is 21.9. The van der Waals surface area contributed by atoms with Gasteiger partial charge >= 0.3 is 0 Å². The Kier molecular flexibility index (Phi) is 5.82. The first-order chi connectivity index (χ1) is 17.9. The third-order valence-corrected chi connectivity index (χ3v) is 8.61. The molecule has 1 spiro atoms. The van der Waals surface area contributed by atoms with E-state index in [0.29, 0.717) is 12.2 Å². The predicted molar refractivity (Wildman–Crippen MR) is 148 cm³/mol. The van der Waals surface area contributed by atoms with Gasteiger partial charge in [-0.3, -0.25) is 4.79 Å². The summed E-state index contributed by atoms with van der Waals surface area (Å²) in [5, 5.41) is 1.27. The molecule has 0 radical (unpaired) electrons. The van der Waals surface area contributed by atoms with E-state index in [4.69, 9.17) is 0 Å². The Morgan fingerprint density at radius 3 is 2.54 bits per heavy atom. The van der Waals surface area contributed by atoms with Crippen molar-refractivity contribution in [2.45, 2.75) is 50.5 Å². The van der Waals surface area contributed by atoms with Crippen molar-refractivity contribution >= 4 is 22.5 Å². The molecular weight excluding hydrogens is 461 g/mol. The number of H-pyrrole nitrogens is 1. The van der Waals surface area contributed by atoms with E-state index in [1.54, 1.807) is 6.07 Å². The third-order valence-electron chi connectivity index (χ3n) is 8.61. The topological polar surface area (TPSA) is 39.3 Å². The standard InChI is InChI=1S/C32H34FN3O/c1-21-8-6-9-23(20-21)31(37)36-19-16-26-25-10-4-5-13-28(25)34-30(26)32(36)17-14-22(15-18-32)24-11-7-12-27(33)29(24)35(2)3/h4-13,20,22,34H,14-19H2,1-3H3. The van der Waals surface area contributed by atoms with E-state index in [1.807, 2.05) is 56.3 Å². The molecule has 1 aliphatic heterocycles. The Bertz CT molecular complexity index is 1480. The molecule has 37 heavy (non-hydrogen) atoms. The van der Waals surface area contributed by atoms with Crippen molar-refractivity contribution in [1.29, 1.82) is 0 Å². The maximum atomic E-state index is 14.8. The van der Waals surface area contributed by atoms with Gasteiger partial charge in [-0.1, -0.05) is 48.0 Å². The maximum Gasteiger partial charge on any atom is 0.254 e. The van der Waals surface area contributed by atoms with Crippen molar-refractivity contribution in [2.24, 2.45) is 0 Å². The number of carbonyl (C=O) groups is 1. The molecule has 2 heterocycles. The number of nitrogens with zero attached hydrogens (tertiary/aromatic N) is 2.